The van der Waals surface area contributed by atoms with Crippen molar-refractivity contribution in [1.82, 2.24) is 0 Å². The highest BCUT2D eigenvalue weighted by Gasteiger charge is 1.93. The highest BCUT2D eigenvalue weighted by atomic mass is 16.5. The van der Waals surface area contributed by atoms with Gasteiger partial charge in [-0.1, -0.05) is 44.4 Å². The second-order valence-corrected chi connectivity index (χ2v) is 4.89. The summed E-state index contributed by atoms with van der Waals surface area (Å²) >= 11 is 0. The van der Waals surface area contributed by atoms with Gasteiger partial charge in [-0.05, 0) is 18.6 Å². The predicted molar refractivity (Wildman–Crippen MR) is 91.9 cm³/mol. The maximum absolute atomic E-state index is 7.62. The summed E-state index contributed by atoms with van der Waals surface area (Å²) in [6.45, 7) is 5.33. The molecule has 5 heteroatoms. The molecule has 0 aliphatic heterocycles. The Kier molecular flexibility index (Phi) is 18.0. The summed E-state index contributed by atoms with van der Waals surface area (Å²) in [6.07, 6.45) is 4.99. The molecule has 2 N–H and O–H groups in total. The molecular formula is C18H32O5. The minimum atomic E-state index is -0.125. The molecule has 5 nitrogen and oxygen atoms in total. The van der Waals surface area contributed by atoms with Gasteiger partial charge >= 0.3 is 0 Å². The van der Waals surface area contributed by atoms with Gasteiger partial charge in [0.25, 0.3) is 0 Å². The summed E-state index contributed by atoms with van der Waals surface area (Å²) in [7, 11) is 0. The Hall–Kier alpha value is -1.14. The lowest BCUT2D eigenvalue weighted by atomic mass is 10.2. The molecule has 23 heavy (non-hydrogen) atoms. The SMILES string of the molecule is CCCCCCOCCOCCOc1ccccc1.OCCO. The molecule has 0 radical (unpaired) electrons. The molecule has 0 aromatic heterocycles. The van der Waals surface area contributed by atoms with E-state index < -0.39 is 0 Å². The molecule has 1 rings (SSSR count). The highest BCUT2D eigenvalue weighted by Crippen LogP contribution is 2.07. The van der Waals surface area contributed by atoms with Gasteiger partial charge in [-0.25, -0.2) is 0 Å². The summed E-state index contributed by atoms with van der Waals surface area (Å²) in [5, 5.41) is 15.2. The Morgan fingerprint density at radius 2 is 1.35 bits per heavy atom. The molecule has 1 aromatic carbocycles. The summed E-state index contributed by atoms with van der Waals surface area (Å²) in [6, 6.07) is 9.78. The molecule has 0 saturated heterocycles. The first-order chi connectivity index (χ1) is 11.3. The van der Waals surface area contributed by atoms with Crippen molar-refractivity contribution in [2.24, 2.45) is 0 Å². The number of aliphatic hydroxyl groups excluding tert-OH is 2. The van der Waals surface area contributed by atoms with Crippen LogP contribution in [0.2, 0.25) is 0 Å². The monoisotopic (exact) mass is 328 g/mol. The van der Waals surface area contributed by atoms with E-state index >= 15 is 0 Å². The van der Waals surface area contributed by atoms with Crippen molar-refractivity contribution in [3.05, 3.63) is 30.3 Å². The predicted octanol–water partition coefficient (Wildman–Crippen LogP) is 2.65. The van der Waals surface area contributed by atoms with Crippen LogP contribution >= 0.6 is 0 Å². The zero-order valence-corrected chi connectivity index (χ0v) is 14.3. The Morgan fingerprint density at radius 3 is 1.96 bits per heavy atom. The number of para-hydroxylation sites is 1. The van der Waals surface area contributed by atoms with Crippen molar-refractivity contribution < 1.29 is 24.4 Å². The molecule has 0 bridgehead atoms. The van der Waals surface area contributed by atoms with E-state index in [1.165, 1.54) is 19.3 Å². The zero-order chi connectivity index (χ0) is 17.0. The number of unbranched alkanes of at least 4 members (excludes halogenated alkanes) is 3. The van der Waals surface area contributed by atoms with E-state index in [1.54, 1.807) is 0 Å². The smallest absolute Gasteiger partial charge is 0.119 e. The normalized spacial score (nSPS) is 10.0. The highest BCUT2D eigenvalue weighted by molar-refractivity contribution is 5.20. The first kappa shape index (κ1) is 21.9. The number of rotatable bonds is 13. The van der Waals surface area contributed by atoms with Crippen LogP contribution in [0.3, 0.4) is 0 Å². The van der Waals surface area contributed by atoms with Crippen LogP contribution in [0.5, 0.6) is 5.75 Å². The lowest BCUT2D eigenvalue weighted by molar-refractivity contribution is 0.0352. The fourth-order valence-electron chi connectivity index (χ4n) is 1.69. The standard InChI is InChI=1S/C16H26O3.C2H6O2/c1-2-3-4-8-11-17-12-13-18-14-15-19-16-9-6-5-7-10-16;3-1-2-4/h5-7,9-10H,2-4,8,11-15H2,1H3;3-4H,1-2H2. The summed E-state index contributed by atoms with van der Waals surface area (Å²) in [4.78, 5) is 0. The fourth-order valence-corrected chi connectivity index (χ4v) is 1.69. The minimum Gasteiger partial charge on any atom is -0.491 e. The maximum Gasteiger partial charge on any atom is 0.119 e. The Morgan fingerprint density at radius 1 is 0.739 bits per heavy atom. The lowest BCUT2D eigenvalue weighted by Crippen LogP contribution is -2.11. The molecular weight excluding hydrogens is 296 g/mol. The van der Waals surface area contributed by atoms with E-state index in [4.69, 9.17) is 24.4 Å². The largest absolute Gasteiger partial charge is 0.491 e. The Bertz CT molecular complexity index is 316. The third-order valence-corrected chi connectivity index (χ3v) is 2.85. The summed E-state index contributed by atoms with van der Waals surface area (Å²) < 4.78 is 16.4. The van der Waals surface area contributed by atoms with Gasteiger partial charge in [0.05, 0.1) is 33.0 Å². The number of hydrogen-bond donors (Lipinski definition) is 2. The van der Waals surface area contributed by atoms with Crippen LogP contribution in [0.15, 0.2) is 30.3 Å². The van der Waals surface area contributed by atoms with Gasteiger partial charge < -0.3 is 24.4 Å². The first-order valence-electron chi connectivity index (χ1n) is 8.40. The van der Waals surface area contributed by atoms with Crippen molar-refractivity contribution in [3.8, 4) is 5.75 Å². The van der Waals surface area contributed by atoms with Gasteiger partial charge in [0.1, 0.15) is 12.4 Å². The van der Waals surface area contributed by atoms with E-state index in [1.807, 2.05) is 30.3 Å². The van der Waals surface area contributed by atoms with Crippen LogP contribution in [-0.2, 0) is 9.47 Å². The third kappa shape index (κ3) is 17.1. The number of hydrogen-bond acceptors (Lipinski definition) is 5. The van der Waals surface area contributed by atoms with Gasteiger partial charge in [-0.3, -0.25) is 0 Å². The van der Waals surface area contributed by atoms with E-state index in [0.29, 0.717) is 26.4 Å². The van der Waals surface area contributed by atoms with Crippen molar-refractivity contribution in [2.45, 2.75) is 32.6 Å². The molecule has 0 saturated carbocycles. The van der Waals surface area contributed by atoms with Crippen LogP contribution in [-0.4, -0.2) is 56.5 Å². The second-order valence-electron chi connectivity index (χ2n) is 4.89. The van der Waals surface area contributed by atoms with Crippen molar-refractivity contribution in [1.29, 1.82) is 0 Å². The van der Waals surface area contributed by atoms with Gasteiger partial charge in [0, 0.05) is 6.61 Å². The summed E-state index contributed by atoms with van der Waals surface area (Å²) in [5.41, 5.74) is 0. The molecule has 0 atom stereocenters. The zero-order valence-electron chi connectivity index (χ0n) is 14.3. The molecule has 134 valence electrons. The van der Waals surface area contributed by atoms with Crippen molar-refractivity contribution in [3.63, 3.8) is 0 Å². The lowest BCUT2D eigenvalue weighted by Gasteiger charge is -2.07. The van der Waals surface area contributed by atoms with E-state index in [-0.39, 0.29) is 13.2 Å². The Balaban J connectivity index is 0.00000108. The molecule has 0 aliphatic rings. The van der Waals surface area contributed by atoms with Crippen molar-refractivity contribution >= 4 is 0 Å². The number of ether oxygens (including phenoxy) is 3. The van der Waals surface area contributed by atoms with E-state index in [9.17, 15) is 0 Å². The molecule has 0 unspecified atom stereocenters. The van der Waals surface area contributed by atoms with Crippen LogP contribution in [0.4, 0.5) is 0 Å². The quantitative estimate of drug-likeness (QED) is 0.545. The molecule has 1 aromatic rings. The number of aliphatic hydroxyl groups is 2. The van der Waals surface area contributed by atoms with E-state index in [0.717, 1.165) is 18.8 Å². The summed E-state index contributed by atoms with van der Waals surface area (Å²) in [5.74, 6) is 0.887. The Labute approximate surface area is 140 Å². The minimum absolute atomic E-state index is 0.125. The topological polar surface area (TPSA) is 68.2 Å². The molecule has 0 aliphatic carbocycles. The molecule has 0 heterocycles. The first-order valence-corrected chi connectivity index (χ1v) is 8.40. The molecule has 0 fully saturated rings. The van der Waals surface area contributed by atoms with Crippen LogP contribution < -0.4 is 4.74 Å². The molecule has 0 amide bonds. The van der Waals surface area contributed by atoms with Crippen LogP contribution in [0, 0.1) is 0 Å². The molecule has 0 spiro atoms. The van der Waals surface area contributed by atoms with Crippen LogP contribution in [0.25, 0.3) is 0 Å². The van der Waals surface area contributed by atoms with E-state index in [2.05, 4.69) is 6.92 Å². The van der Waals surface area contributed by atoms with Crippen molar-refractivity contribution in [2.75, 3.05) is 46.2 Å². The average Bonchev–Trinajstić information content (AvgIpc) is 2.61. The van der Waals surface area contributed by atoms with Gasteiger partial charge in [0.15, 0.2) is 0 Å². The third-order valence-electron chi connectivity index (χ3n) is 2.85. The second kappa shape index (κ2) is 18.9. The number of benzene rings is 1. The fraction of sp³-hybridized carbons (Fsp3) is 0.667. The van der Waals surface area contributed by atoms with Gasteiger partial charge in [-0.15, -0.1) is 0 Å². The maximum atomic E-state index is 7.62. The van der Waals surface area contributed by atoms with Gasteiger partial charge in [0.2, 0.25) is 0 Å². The van der Waals surface area contributed by atoms with Gasteiger partial charge in [-0.2, -0.15) is 0 Å². The van der Waals surface area contributed by atoms with Crippen LogP contribution in [0.1, 0.15) is 32.6 Å². The average molecular weight is 328 g/mol.